The molecule has 3 aromatic heterocycles. The summed E-state index contributed by atoms with van der Waals surface area (Å²) in [6.45, 7) is 3.47. The fraction of sp³-hybridized carbons (Fsp3) is 0.211. The third-order valence-corrected chi connectivity index (χ3v) is 6.12. The number of hydrogen-bond acceptors (Lipinski definition) is 7. The van der Waals surface area contributed by atoms with Crippen LogP contribution >= 0.6 is 23.1 Å². The highest BCUT2D eigenvalue weighted by Crippen LogP contribution is 2.35. The van der Waals surface area contributed by atoms with Crippen LogP contribution in [0.3, 0.4) is 0 Å². The van der Waals surface area contributed by atoms with Crippen molar-refractivity contribution in [2.45, 2.75) is 19.0 Å². The molecule has 0 saturated heterocycles. The van der Waals surface area contributed by atoms with E-state index >= 15 is 0 Å². The quantitative estimate of drug-likeness (QED) is 0.362. The zero-order chi connectivity index (χ0) is 21.3. The number of nitrogens with one attached hydrogen (secondary N) is 2. The van der Waals surface area contributed by atoms with Gasteiger partial charge in [0.15, 0.2) is 10.8 Å². The molecule has 2 amide bonds. The van der Waals surface area contributed by atoms with Crippen molar-refractivity contribution in [3.05, 3.63) is 41.8 Å². The zero-order valence-corrected chi connectivity index (χ0v) is 17.7. The minimum atomic E-state index is -0.359. The number of nitrogens with zero attached hydrogens (tertiary/aromatic N) is 4. The molecule has 0 radical (unpaired) electrons. The van der Waals surface area contributed by atoms with Gasteiger partial charge in [0.25, 0.3) is 0 Å². The molecular weight excluding hydrogens is 427 g/mol. The number of thiophene rings is 1. The standard InChI is InChI=1S/C19H17FN6O2S2/c1-10(2)17(28)24-22-14(27)8-30-19-25-23-16-15-13(11-3-5-12(20)6-4-11)7-29-18(15)21-9-26(16)19/h3-7,9-10H,8H2,1-2H3,(H,22,27)(H,24,28). The first-order valence-corrected chi connectivity index (χ1v) is 10.9. The predicted molar refractivity (Wildman–Crippen MR) is 113 cm³/mol. The van der Waals surface area contributed by atoms with E-state index < -0.39 is 0 Å². The number of fused-ring (bicyclic) bond motifs is 3. The van der Waals surface area contributed by atoms with Crippen molar-refractivity contribution in [3.8, 4) is 11.1 Å². The van der Waals surface area contributed by atoms with Crippen molar-refractivity contribution in [1.29, 1.82) is 0 Å². The van der Waals surface area contributed by atoms with Crippen LogP contribution in [0.1, 0.15) is 13.8 Å². The van der Waals surface area contributed by atoms with E-state index in [4.69, 9.17) is 0 Å². The van der Waals surface area contributed by atoms with E-state index in [0.717, 1.165) is 21.3 Å². The Morgan fingerprint density at radius 2 is 1.97 bits per heavy atom. The summed E-state index contributed by atoms with van der Waals surface area (Å²) in [6, 6.07) is 6.24. The number of aromatic nitrogens is 4. The van der Waals surface area contributed by atoms with Gasteiger partial charge in [-0.15, -0.1) is 21.5 Å². The molecule has 0 aliphatic rings. The number of carbonyl (C=O) groups is 2. The van der Waals surface area contributed by atoms with Crippen LogP contribution in [-0.4, -0.2) is 37.1 Å². The van der Waals surface area contributed by atoms with Crippen LogP contribution in [0.2, 0.25) is 0 Å². The average molecular weight is 445 g/mol. The van der Waals surface area contributed by atoms with E-state index in [-0.39, 0.29) is 29.3 Å². The Hall–Kier alpha value is -3.05. The summed E-state index contributed by atoms with van der Waals surface area (Å²) in [7, 11) is 0. The monoisotopic (exact) mass is 444 g/mol. The molecule has 0 atom stereocenters. The van der Waals surface area contributed by atoms with E-state index in [1.807, 2.05) is 5.38 Å². The molecule has 0 spiro atoms. The molecule has 0 aliphatic carbocycles. The third kappa shape index (κ3) is 3.98. The van der Waals surface area contributed by atoms with Gasteiger partial charge >= 0.3 is 0 Å². The molecule has 154 valence electrons. The molecule has 8 nitrogen and oxygen atoms in total. The number of hydrogen-bond donors (Lipinski definition) is 2. The van der Waals surface area contributed by atoms with Crippen LogP contribution < -0.4 is 10.9 Å². The molecule has 4 rings (SSSR count). The highest BCUT2D eigenvalue weighted by Gasteiger charge is 2.17. The third-order valence-electron chi connectivity index (χ3n) is 4.29. The summed E-state index contributed by atoms with van der Waals surface area (Å²) in [5, 5.41) is 11.7. The van der Waals surface area contributed by atoms with Gasteiger partial charge in [-0.1, -0.05) is 37.7 Å². The Labute approximate surface area is 178 Å². The molecule has 2 N–H and O–H groups in total. The smallest absolute Gasteiger partial charge is 0.248 e. The van der Waals surface area contributed by atoms with Crippen LogP contribution in [0.25, 0.3) is 27.0 Å². The van der Waals surface area contributed by atoms with Crippen LogP contribution in [0.5, 0.6) is 0 Å². The van der Waals surface area contributed by atoms with Gasteiger partial charge in [0.05, 0.1) is 11.1 Å². The van der Waals surface area contributed by atoms with Gasteiger partial charge < -0.3 is 0 Å². The van der Waals surface area contributed by atoms with Gasteiger partial charge in [0.2, 0.25) is 11.8 Å². The minimum absolute atomic E-state index is 0.0473. The first kappa shape index (κ1) is 20.2. The predicted octanol–water partition coefficient (Wildman–Crippen LogP) is 3.04. The second-order valence-electron chi connectivity index (χ2n) is 6.74. The van der Waals surface area contributed by atoms with E-state index in [9.17, 15) is 14.0 Å². The Balaban J connectivity index is 1.57. The number of benzene rings is 1. The molecule has 30 heavy (non-hydrogen) atoms. The Morgan fingerprint density at radius 3 is 2.70 bits per heavy atom. The van der Waals surface area contributed by atoms with Crippen molar-refractivity contribution in [2.75, 3.05) is 5.75 Å². The highest BCUT2D eigenvalue weighted by atomic mass is 32.2. The van der Waals surface area contributed by atoms with Crippen molar-refractivity contribution in [3.63, 3.8) is 0 Å². The second-order valence-corrected chi connectivity index (χ2v) is 8.54. The summed E-state index contributed by atoms with van der Waals surface area (Å²) in [5.41, 5.74) is 7.10. The molecule has 0 unspecified atom stereocenters. The van der Waals surface area contributed by atoms with Crippen molar-refractivity contribution in [1.82, 2.24) is 30.4 Å². The fourth-order valence-electron chi connectivity index (χ4n) is 2.70. The molecule has 1 aromatic carbocycles. The maximum atomic E-state index is 13.3. The first-order valence-electron chi connectivity index (χ1n) is 9.02. The Morgan fingerprint density at radius 1 is 1.20 bits per heavy atom. The number of hydrazine groups is 1. The second kappa shape index (κ2) is 8.36. The van der Waals surface area contributed by atoms with Gasteiger partial charge in [-0.2, -0.15) is 0 Å². The molecule has 0 fully saturated rings. The van der Waals surface area contributed by atoms with Crippen molar-refractivity contribution < 1.29 is 14.0 Å². The van der Waals surface area contributed by atoms with E-state index in [1.165, 1.54) is 35.2 Å². The largest absolute Gasteiger partial charge is 0.273 e. The molecule has 11 heteroatoms. The van der Waals surface area contributed by atoms with Crippen molar-refractivity contribution in [2.24, 2.45) is 5.92 Å². The van der Waals surface area contributed by atoms with Crippen LogP contribution in [0, 0.1) is 11.7 Å². The van der Waals surface area contributed by atoms with Gasteiger partial charge in [0, 0.05) is 16.9 Å². The number of thioether (sulfide) groups is 1. The molecule has 3 heterocycles. The van der Waals surface area contributed by atoms with Gasteiger partial charge in [-0.05, 0) is 17.7 Å². The number of amides is 2. The summed E-state index contributed by atoms with van der Waals surface area (Å²) < 4.78 is 15.0. The SMILES string of the molecule is CC(C)C(=O)NNC(=O)CSc1nnc2c3c(-c4ccc(F)cc4)csc3ncn12. The van der Waals surface area contributed by atoms with E-state index in [0.29, 0.717) is 10.8 Å². The van der Waals surface area contributed by atoms with E-state index in [1.54, 1.807) is 36.7 Å². The minimum Gasteiger partial charge on any atom is -0.273 e. The summed E-state index contributed by atoms with van der Waals surface area (Å²) in [5.74, 6) is -1.11. The van der Waals surface area contributed by atoms with Crippen molar-refractivity contribution >= 4 is 50.8 Å². The van der Waals surface area contributed by atoms with Gasteiger partial charge in [0.1, 0.15) is 17.0 Å². The maximum Gasteiger partial charge on any atom is 0.248 e. The number of rotatable bonds is 5. The van der Waals surface area contributed by atoms with Crippen LogP contribution in [0.4, 0.5) is 4.39 Å². The molecule has 4 aromatic rings. The summed E-state index contributed by atoms with van der Waals surface area (Å²) in [6.07, 6.45) is 1.61. The number of halogens is 1. The highest BCUT2D eigenvalue weighted by molar-refractivity contribution is 7.99. The van der Waals surface area contributed by atoms with Gasteiger partial charge in [-0.3, -0.25) is 24.8 Å². The maximum absolute atomic E-state index is 13.3. The molecule has 0 bridgehead atoms. The van der Waals surface area contributed by atoms with Crippen LogP contribution in [0.15, 0.2) is 41.1 Å². The summed E-state index contributed by atoms with van der Waals surface area (Å²) >= 11 is 2.65. The number of carbonyl (C=O) groups excluding carboxylic acids is 2. The Kier molecular flexibility index (Phi) is 5.64. The average Bonchev–Trinajstić information content (AvgIpc) is 3.34. The summed E-state index contributed by atoms with van der Waals surface area (Å²) in [4.78, 5) is 28.8. The normalized spacial score (nSPS) is 11.3. The fourth-order valence-corrected chi connectivity index (χ4v) is 4.32. The van der Waals surface area contributed by atoms with E-state index in [2.05, 4.69) is 26.0 Å². The lowest BCUT2D eigenvalue weighted by atomic mass is 10.1. The van der Waals surface area contributed by atoms with Crippen LogP contribution in [-0.2, 0) is 9.59 Å². The van der Waals surface area contributed by atoms with Gasteiger partial charge in [-0.25, -0.2) is 9.37 Å². The first-order chi connectivity index (χ1) is 14.4. The Bertz CT molecular complexity index is 1240. The molecular formula is C19H17FN6O2S2. The lowest BCUT2D eigenvalue weighted by molar-refractivity contribution is -0.129. The topological polar surface area (TPSA) is 101 Å². The molecule has 0 saturated carbocycles. The lowest BCUT2D eigenvalue weighted by Crippen LogP contribution is -2.44. The molecule has 0 aliphatic heterocycles. The lowest BCUT2D eigenvalue weighted by Gasteiger charge is -2.08. The zero-order valence-electron chi connectivity index (χ0n) is 16.0.